The third-order valence-corrected chi connectivity index (χ3v) is 7.47. The lowest BCUT2D eigenvalue weighted by Gasteiger charge is -2.62. The number of nitrogens with one attached hydrogen (secondary N) is 2. The van der Waals surface area contributed by atoms with Crippen molar-refractivity contribution in [1.82, 2.24) is 20.1 Å². The fourth-order valence-corrected chi connectivity index (χ4v) is 5.37. The molecule has 8 heteroatoms. The molecule has 32 heavy (non-hydrogen) atoms. The van der Waals surface area contributed by atoms with Crippen LogP contribution in [0.15, 0.2) is 35.4 Å². The zero-order chi connectivity index (χ0) is 22.9. The summed E-state index contributed by atoms with van der Waals surface area (Å²) in [5.74, 6) is 1.97. The van der Waals surface area contributed by atoms with Crippen LogP contribution >= 0.6 is 0 Å². The highest BCUT2D eigenvalue weighted by Gasteiger charge is 2.56. The second-order valence-electron chi connectivity index (χ2n) is 9.63. The number of ether oxygens (including phenoxy) is 1. The average molecular weight is 440 g/mol. The molecule has 0 saturated heterocycles. The maximum absolute atomic E-state index is 12.7. The molecule has 2 bridgehead atoms. The predicted molar refractivity (Wildman–Crippen MR) is 122 cm³/mol. The van der Waals surface area contributed by atoms with E-state index in [1.54, 1.807) is 12.4 Å². The Labute approximate surface area is 188 Å². The summed E-state index contributed by atoms with van der Waals surface area (Å²) < 4.78 is 6.88. The van der Waals surface area contributed by atoms with E-state index in [-0.39, 0.29) is 24.1 Å². The second kappa shape index (κ2) is 8.92. The van der Waals surface area contributed by atoms with Crippen LogP contribution in [0.1, 0.15) is 46.1 Å². The number of fused-ring (bicyclic) bond motifs is 2. The fourth-order valence-electron chi connectivity index (χ4n) is 5.37. The molecule has 1 unspecified atom stereocenters. The molecule has 1 amide bonds. The molecule has 8 nitrogen and oxygen atoms in total. The van der Waals surface area contributed by atoms with Crippen LogP contribution < -0.4 is 20.9 Å². The number of aromatic nitrogens is 3. The van der Waals surface area contributed by atoms with E-state index in [9.17, 15) is 9.59 Å². The summed E-state index contributed by atoms with van der Waals surface area (Å²) in [6, 6.07) is 5.45. The SMILES string of the molecule is CCOc1nn(CC(=O)NCc2ccncc2)c(=O)cc1N[C@@H]1C[C@@H]2C[C@H](C1C)C2(C)C. The maximum Gasteiger partial charge on any atom is 0.269 e. The second-order valence-corrected chi connectivity index (χ2v) is 9.63. The first-order chi connectivity index (χ1) is 15.3. The number of anilines is 1. The van der Waals surface area contributed by atoms with Crippen LogP contribution in [0.2, 0.25) is 0 Å². The van der Waals surface area contributed by atoms with Crippen LogP contribution in [0.25, 0.3) is 0 Å². The molecule has 5 rings (SSSR count). The molecule has 3 aliphatic rings. The van der Waals surface area contributed by atoms with Gasteiger partial charge in [-0.2, -0.15) is 0 Å². The highest BCUT2D eigenvalue weighted by molar-refractivity contribution is 5.75. The van der Waals surface area contributed by atoms with Crippen LogP contribution in [0, 0.1) is 23.2 Å². The van der Waals surface area contributed by atoms with Crippen LogP contribution in [-0.4, -0.2) is 33.3 Å². The van der Waals surface area contributed by atoms with E-state index in [1.165, 1.54) is 12.5 Å². The van der Waals surface area contributed by atoms with Gasteiger partial charge in [-0.25, -0.2) is 4.68 Å². The third-order valence-electron chi connectivity index (χ3n) is 7.47. The van der Waals surface area contributed by atoms with Gasteiger partial charge in [0.1, 0.15) is 12.2 Å². The Kier molecular flexibility index (Phi) is 6.22. The first-order valence-corrected chi connectivity index (χ1v) is 11.5. The van der Waals surface area contributed by atoms with Crippen LogP contribution in [0.4, 0.5) is 5.69 Å². The van der Waals surface area contributed by atoms with Gasteiger partial charge in [0.15, 0.2) is 0 Å². The Balaban J connectivity index is 1.45. The summed E-state index contributed by atoms with van der Waals surface area (Å²) in [5.41, 5.74) is 1.61. The van der Waals surface area contributed by atoms with Gasteiger partial charge in [0.05, 0.1) is 6.61 Å². The highest BCUT2D eigenvalue weighted by Crippen LogP contribution is 2.61. The topological polar surface area (TPSA) is 98.1 Å². The zero-order valence-corrected chi connectivity index (χ0v) is 19.3. The van der Waals surface area contributed by atoms with Crippen molar-refractivity contribution >= 4 is 11.6 Å². The van der Waals surface area contributed by atoms with Crippen LogP contribution in [-0.2, 0) is 17.9 Å². The lowest BCUT2D eigenvalue weighted by atomic mass is 9.45. The summed E-state index contributed by atoms with van der Waals surface area (Å²) in [6.45, 7) is 9.53. The molecule has 0 spiro atoms. The first kappa shape index (κ1) is 22.3. The summed E-state index contributed by atoms with van der Waals surface area (Å²) >= 11 is 0. The van der Waals surface area contributed by atoms with Gasteiger partial charge < -0.3 is 15.4 Å². The van der Waals surface area contributed by atoms with Crippen molar-refractivity contribution in [1.29, 1.82) is 0 Å². The van der Waals surface area contributed by atoms with Gasteiger partial charge in [-0.3, -0.25) is 14.6 Å². The molecule has 4 atom stereocenters. The quantitative estimate of drug-likeness (QED) is 0.656. The van der Waals surface area contributed by atoms with E-state index >= 15 is 0 Å². The third kappa shape index (κ3) is 4.36. The molecule has 0 radical (unpaired) electrons. The van der Waals surface area contributed by atoms with Crippen molar-refractivity contribution in [3.63, 3.8) is 0 Å². The minimum Gasteiger partial charge on any atom is -0.475 e. The minimum atomic E-state index is -0.330. The van der Waals surface area contributed by atoms with Crippen molar-refractivity contribution in [2.75, 3.05) is 11.9 Å². The van der Waals surface area contributed by atoms with Gasteiger partial charge in [-0.1, -0.05) is 20.8 Å². The number of carbonyl (C=O) groups is 1. The first-order valence-electron chi connectivity index (χ1n) is 11.5. The molecule has 172 valence electrons. The van der Waals surface area contributed by atoms with E-state index in [1.807, 2.05) is 19.1 Å². The average Bonchev–Trinajstić information content (AvgIpc) is 2.77. The molecule has 2 N–H and O–H groups in total. The smallest absolute Gasteiger partial charge is 0.269 e. The lowest BCUT2D eigenvalue weighted by molar-refractivity contribution is -0.122. The van der Waals surface area contributed by atoms with Gasteiger partial charge in [-0.05, 0) is 60.6 Å². The molecule has 0 aliphatic heterocycles. The normalized spacial score (nSPS) is 25.5. The molecule has 3 saturated carbocycles. The Bertz CT molecular complexity index is 1020. The summed E-state index contributed by atoms with van der Waals surface area (Å²) in [4.78, 5) is 29.1. The zero-order valence-electron chi connectivity index (χ0n) is 19.3. The number of nitrogens with zero attached hydrogens (tertiary/aromatic N) is 3. The maximum atomic E-state index is 12.7. The van der Waals surface area contributed by atoms with E-state index in [0.29, 0.717) is 47.9 Å². The van der Waals surface area contributed by atoms with Crippen molar-refractivity contribution in [2.24, 2.45) is 23.2 Å². The molecule has 2 heterocycles. The Morgan fingerprint density at radius 2 is 2.03 bits per heavy atom. The predicted octanol–water partition coefficient (Wildman–Crippen LogP) is 2.84. The standard InChI is InChI=1S/C24H33N5O3/c1-5-32-23-20(27-19-11-17-10-18(15(19)2)24(17,3)4)12-22(31)29(28-23)14-21(30)26-13-16-6-8-25-9-7-16/h6-9,12,15,17-19,27H,5,10-11,13-14H2,1-4H3,(H,26,30)/t15?,17-,18+,19+/m0/s1. The number of hydrogen-bond donors (Lipinski definition) is 2. The van der Waals surface area contributed by atoms with E-state index < -0.39 is 0 Å². The molecule has 2 aromatic rings. The van der Waals surface area contributed by atoms with Crippen molar-refractivity contribution in [3.8, 4) is 5.88 Å². The van der Waals surface area contributed by atoms with Gasteiger partial charge in [0.2, 0.25) is 5.91 Å². The van der Waals surface area contributed by atoms with Crippen molar-refractivity contribution < 1.29 is 9.53 Å². The van der Waals surface area contributed by atoms with Gasteiger partial charge in [0, 0.05) is 31.0 Å². The lowest BCUT2D eigenvalue weighted by Crippen LogP contribution is -2.58. The summed E-state index contributed by atoms with van der Waals surface area (Å²) in [6.07, 6.45) is 5.71. The largest absolute Gasteiger partial charge is 0.475 e. The number of hydrogen-bond acceptors (Lipinski definition) is 6. The van der Waals surface area contributed by atoms with Gasteiger partial charge in [-0.15, -0.1) is 5.10 Å². The van der Waals surface area contributed by atoms with Crippen molar-refractivity contribution in [2.45, 2.75) is 59.7 Å². The summed E-state index contributed by atoms with van der Waals surface area (Å²) in [5, 5.41) is 10.7. The molecular weight excluding hydrogens is 406 g/mol. The van der Waals surface area contributed by atoms with Crippen LogP contribution in [0.5, 0.6) is 5.88 Å². The van der Waals surface area contributed by atoms with Crippen LogP contribution in [0.3, 0.4) is 0 Å². The molecule has 0 aromatic carbocycles. The minimum absolute atomic E-state index is 0.164. The molecule has 2 aromatic heterocycles. The van der Waals surface area contributed by atoms with E-state index in [2.05, 4.69) is 41.5 Å². The fraction of sp³-hybridized carbons (Fsp3) is 0.583. The number of rotatable bonds is 8. The molecular formula is C24H33N5O3. The number of carbonyl (C=O) groups excluding carboxylic acids is 1. The van der Waals surface area contributed by atoms with Gasteiger partial charge in [0.25, 0.3) is 11.4 Å². The van der Waals surface area contributed by atoms with Crippen molar-refractivity contribution in [3.05, 3.63) is 46.5 Å². The Hall–Kier alpha value is -2.90. The Morgan fingerprint density at radius 3 is 2.69 bits per heavy atom. The Morgan fingerprint density at radius 1 is 1.28 bits per heavy atom. The van der Waals surface area contributed by atoms with E-state index in [0.717, 1.165) is 16.7 Å². The number of pyridine rings is 1. The highest BCUT2D eigenvalue weighted by atomic mass is 16.5. The van der Waals surface area contributed by atoms with Gasteiger partial charge >= 0.3 is 0 Å². The van der Waals surface area contributed by atoms with E-state index in [4.69, 9.17) is 4.74 Å². The number of amides is 1. The molecule has 3 fully saturated rings. The molecule has 3 aliphatic carbocycles. The monoisotopic (exact) mass is 439 g/mol. The summed E-state index contributed by atoms with van der Waals surface area (Å²) in [7, 11) is 0.